The lowest BCUT2D eigenvalue weighted by Gasteiger charge is -2.06. The van der Waals surface area contributed by atoms with E-state index in [-0.39, 0.29) is 5.56 Å². The van der Waals surface area contributed by atoms with Crippen LogP contribution in [-0.2, 0) is 14.1 Å². The Morgan fingerprint density at radius 1 is 1.15 bits per heavy atom. The second-order valence-corrected chi connectivity index (χ2v) is 6.95. The number of carbonyl (C=O) groups is 1. The van der Waals surface area contributed by atoms with Gasteiger partial charge in [0.1, 0.15) is 5.56 Å². The van der Waals surface area contributed by atoms with Crippen molar-refractivity contribution in [1.82, 2.24) is 14.1 Å². The number of amides is 1. The normalized spacial score (nSPS) is 10.8. The number of aryl methyl sites for hydroxylation is 3. The molecule has 3 rings (SSSR count). The third-order valence-electron chi connectivity index (χ3n) is 4.22. The summed E-state index contributed by atoms with van der Waals surface area (Å²) in [5.74, 6) is -0.595. The average Bonchev–Trinajstić information content (AvgIpc) is 3.07. The molecule has 2 aromatic heterocycles. The van der Waals surface area contributed by atoms with Crippen molar-refractivity contribution in [3.63, 3.8) is 0 Å². The zero-order chi connectivity index (χ0) is 19.0. The summed E-state index contributed by atoms with van der Waals surface area (Å²) in [5.41, 5.74) is 2.83. The van der Waals surface area contributed by atoms with E-state index in [2.05, 4.69) is 10.3 Å². The number of hydrogen-bond donors (Lipinski definition) is 1. The minimum Gasteiger partial charge on any atom is -0.303 e. The average molecular weight is 370 g/mol. The van der Waals surface area contributed by atoms with E-state index < -0.39 is 17.2 Å². The van der Waals surface area contributed by atoms with Crippen LogP contribution in [0.25, 0.3) is 11.3 Å². The van der Waals surface area contributed by atoms with Crippen LogP contribution < -0.4 is 16.6 Å². The van der Waals surface area contributed by atoms with Gasteiger partial charge < -0.3 is 4.57 Å². The van der Waals surface area contributed by atoms with Crippen LogP contribution in [0.4, 0.5) is 5.13 Å². The maximum Gasteiger partial charge on any atom is 0.330 e. The molecule has 26 heavy (non-hydrogen) atoms. The smallest absolute Gasteiger partial charge is 0.303 e. The second-order valence-electron chi connectivity index (χ2n) is 6.09. The number of aromatic nitrogens is 3. The van der Waals surface area contributed by atoms with Gasteiger partial charge in [-0.1, -0.05) is 12.1 Å². The van der Waals surface area contributed by atoms with Crippen molar-refractivity contribution in [1.29, 1.82) is 0 Å². The molecule has 7 nitrogen and oxygen atoms in total. The van der Waals surface area contributed by atoms with Crippen LogP contribution in [-0.4, -0.2) is 20.0 Å². The predicted octanol–water partition coefficient (Wildman–Crippen LogP) is 2.08. The minimum absolute atomic E-state index is 0.113. The first-order valence-corrected chi connectivity index (χ1v) is 8.77. The fourth-order valence-corrected chi connectivity index (χ4v) is 3.21. The molecule has 0 fully saturated rings. The molecular weight excluding hydrogens is 352 g/mol. The van der Waals surface area contributed by atoms with Crippen LogP contribution in [0.15, 0.2) is 39.4 Å². The topological polar surface area (TPSA) is 86.0 Å². The van der Waals surface area contributed by atoms with Crippen molar-refractivity contribution >= 4 is 22.4 Å². The van der Waals surface area contributed by atoms with Gasteiger partial charge in [-0.2, -0.15) is 0 Å². The van der Waals surface area contributed by atoms with Gasteiger partial charge in [0.25, 0.3) is 11.5 Å². The van der Waals surface area contributed by atoms with Crippen molar-refractivity contribution in [2.45, 2.75) is 13.8 Å². The number of benzene rings is 1. The number of rotatable bonds is 3. The minimum atomic E-state index is -0.642. The second kappa shape index (κ2) is 6.72. The van der Waals surface area contributed by atoms with Gasteiger partial charge in [0.05, 0.1) is 5.69 Å². The molecule has 0 aliphatic heterocycles. The quantitative estimate of drug-likeness (QED) is 0.765. The van der Waals surface area contributed by atoms with E-state index in [4.69, 9.17) is 0 Å². The molecule has 0 saturated heterocycles. The first-order valence-electron chi connectivity index (χ1n) is 7.89. The van der Waals surface area contributed by atoms with E-state index in [9.17, 15) is 14.4 Å². The summed E-state index contributed by atoms with van der Waals surface area (Å²) in [4.78, 5) is 40.7. The molecule has 0 atom stereocenters. The van der Waals surface area contributed by atoms with E-state index >= 15 is 0 Å². The van der Waals surface area contributed by atoms with Crippen molar-refractivity contribution in [2.75, 3.05) is 5.32 Å². The largest absolute Gasteiger partial charge is 0.330 e. The fourth-order valence-electron chi connectivity index (χ4n) is 2.49. The maximum atomic E-state index is 12.4. The number of hydrogen-bond acceptors (Lipinski definition) is 5. The highest BCUT2D eigenvalue weighted by atomic mass is 32.1. The Kier molecular flexibility index (Phi) is 4.60. The molecule has 1 N–H and O–H groups in total. The van der Waals surface area contributed by atoms with E-state index in [1.54, 1.807) is 0 Å². The molecule has 1 amide bonds. The maximum absolute atomic E-state index is 12.4. The van der Waals surface area contributed by atoms with Crippen LogP contribution in [0.2, 0.25) is 0 Å². The van der Waals surface area contributed by atoms with Crippen LogP contribution >= 0.6 is 11.3 Å². The van der Waals surface area contributed by atoms with Gasteiger partial charge >= 0.3 is 5.69 Å². The molecule has 8 heteroatoms. The summed E-state index contributed by atoms with van der Waals surface area (Å²) in [7, 11) is 2.82. The number of thiazole rings is 1. The summed E-state index contributed by atoms with van der Waals surface area (Å²) >= 11 is 1.27. The van der Waals surface area contributed by atoms with Gasteiger partial charge in [0.15, 0.2) is 5.13 Å². The van der Waals surface area contributed by atoms with Gasteiger partial charge in [-0.15, -0.1) is 11.3 Å². The van der Waals surface area contributed by atoms with Gasteiger partial charge in [0, 0.05) is 31.2 Å². The number of nitrogens with zero attached hydrogens (tertiary/aromatic N) is 3. The summed E-state index contributed by atoms with van der Waals surface area (Å²) in [5, 5.41) is 4.86. The molecule has 0 aliphatic rings. The zero-order valence-electron chi connectivity index (χ0n) is 14.9. The van der Waals surface area contributed by atoms with Crippen LogP contribution in [0.5, 0.6) is 0 Å². The molecule has 3 aromatic rings. The summed E-state index contributed by atoms with van der Waals surface area (Å²) in [6.45, 7) is 4.07. The first-order chi connectivity index (χ1) is 12.3. The Hall–Kier alpha value is -3.00. The fraction of sp³-hybridized carbons (Fsp3) is 0.222. The molecule has 0 saturated carbocycles. The lowest BCUT2D eigenvalue weighted by atomic mass is 10.1. The van der Waals surface area contributed by atoms with Crippen molar-refractivity contribution in [3.05, 3.63) is 67.3 Å². The Balaban J connectivity index is 1.88. The molecule has 134 valence electrons. The molecule has 0 radical (unpaired) electrons. The molecule has 2 heterocycles. The van der Waals surface area contributed by atoms with Gasteiger partial charge in [-0.05, 0) is 31.0 Å². The SMILES string of the molecule is Cc1ccc(-c2csc(NC(=O)c3cn(C)c(=O)n(C)c3=O)n2)cc1C. The van der Waals surface area contributed by atoms with Crippen LogP contribution in [0.3, 0.4) is 0 Å². The third kappa shape index (κ3) is 3.23. The summed E-state index contributed by atoms with van der Waals surface area (Å²) in [6.07, 6.45) is 1.23. The monoisotopic (exact) mass is 370 g/mol. The van der Waals surface area contributed by atoms with Gasteiger partial charge in [-0.3, -0.25) is 19.5 Å². The highest BCUT2D eigenvalue weighted by Crippen LogP contribution is 2.26. The molecule has 1 aromatic carbocycles. The predicted molar refractivity (Wildman–Crippen MR) is 102 cm³/mol. The van der Waals surface area contributed by atoms with E-state index in [1.807, 2.05) is 37.4 Å². The summed E-state index contributed by atoms with van der Waals surface area (Å²) in [6, 6.07) is 6.04. The highest BCUT2D eigenvalue weighted by Gasteiger charge is 2.16. The lowest BCUT2D eigenvalue weighted by molar-refractivity contribution is 0.102. The van der Waals surface area contributed by atoms with Crippen LogP contribution in [0, 0.1) is 13.8 Å². The van der Waals surface area contributed by atoms with Gasteiger partial charge in [0.2, 0.25) is 0 Å². The Bertz CT molecular complexity index is 1120. The van der Waals surface area contributed by atoms with E-state index in [0.29, 0.717) is 5.13 Å². The van der Waals surface area contributed by atoms with Crippen molar-refractivity contribution in [3.8, 4) is 11.3 Å². The molecule has 0 bridgehead atoms. The highest BCUT2D eigenvalue weighted by molar-refractivity contribution is 7.14. The molecule has 0 aliphatic carbocycles. The molecule has 0 spiro atoms. The first kappa shape index (κ1) is 17.8. The summed E-state index contributed by atoms with van der Waals surface area (Å²) < 4.78 is 2.09. The van der Waals surface area contributed by atoms with Crippen molar-refractivity contribution in [2.24, 2.45) is 14.1 Å². The third-order valence-corrected chi connectivity index (χ3v) is 4.98. The molecule has 0 unspecified atom stereocenters. The Morgan fingerprint density at radius 2 is 1.88 bits per heavy atom. The van der Waals surface area contributed by atoms with Crippen molar-refractivity contribution < 1.29 is 4.79 Å². The zero-order valence-corrected chi connectivity index (χ0v) is 15.7. The lowest BCUT2D eigenvalue weighted by Crippen LogP contribution is -2.40. The van der Waals surface area contributed by atoms with Gasteiger partial charge in [-0.25, -0.2) is 9.78 Å². The Labute approximate surface area is 153 Å². The number of nitrogens with one attached hydrogen (secondary N) is 1. The van der Waals surface area contributed by atoms with Crippen LogP contribution in [0.1, 0.15) is 21.5 Å². The van der Waals surface area contributed by atoms with E-state index in [0.717, 1.165) is 21.4 Å². The Morgan fingerprint density at radius 3 is 2.58 bits per heavy atom. The molecular formula is C18H18N4O3S. The standard InChI is InChI=1S/C18H18N4O3S/c1-10-5-6-12(7-11(10)2)14-9-26-17(19-14)20-15(23)13-8-21(3)18(25)22(4)16(13)24/h5-9H,1-4H3,(H,19,20,23). The van der Waals surface area contributed by atoms with E-state index in [1.165, 1.54) is 41.8 Å². The number of carbonyl (C=O) groups excluding carboxylic acids is 1. The number of anilines is 1.